The zero-order chi connectivity index (χ0) is 28.4. The molecule has 7 nitrogen and oxygen atoms in total. The lowest BCUT2D eigenvalue weighted by atomic mass is 9.83. The lowest BCUT2D eigenvalue weighted by Crippen LogP contribution is -2.19. The third kappa shape index (κ3) is 8.59. The Kier molecular flexibility index (Phi) is 11.9. The zero-order valence-electron chi connectivity index (χ0n) is 24.6. The normalized spacial score (nSPS) is 18.3. The van der Waals surface area contributed by atoms with Gasteiger partial charge in [-0.05, 0) is 73.6 Å². The van der Waals surface area contributed by atoms with Crippen molar-refractivity contribution in [1.82, 2.24) is 9.72 Å². The van der Waals surface area contributed by atoms with Crippen LogP contribution in [0.25, 0.3) is 0 Å². The number of benzene rings is 1. The van der Waals surface area contributed by atoms with Gasteiger partial charge in [-0.2, -0.15) is 14.6 Å². The van der Waals surface area contributed by atoms with Gasteiger partial charge in [0, 0.05) is 0 Å². The fourth-order valence-electron chi connectivity index (χ4n) is 5.86. The highest BCUT2D eigenvalue weighted by molar-refractivity contribution is 5.47. The summed E-state index contributed by atoms with van der Waals surface area (Å²) in [4.78, 5) is 28.0. The van der Waals surface area contributed by atoms with E-state index < -0.39 is 5.76 Å². The van der Waals surface area contributed by atoms with Crippen molar-refractivity contribution in [2.45, 2.75) is 123 Å². The van der Waals surface area contributed by atoms with Gasteiger partial charge >= 0.3 is 5.76 Å². The summed E-state index contributed by atoms with van der Waals surface area (Å²) in [5.41, 5.74) is 11.3. The third-order valence-corrected chi connectivity index (χ3v) is 7.56. The molecule has 1 heterocycles. The van der Waals surface area contributed by atoms with Crippen LogP contribution in [-0.4, -0.2) is 15.8 Å². The van der Waals surface area contributed by atoms with E-state index in [1.807, 2.05) is 24.7 Å². The summed E-state index contributed by atoms with van der Waals surface area (Å²) < 4.78 is 7.62. The molecule has 2 N–H and O–H groups in total. The van der Waals surface area contributed by atoms with Crippen LogP contribution in [0.5, 0.6) is 0 Å². The van der Waals surface area contributed by atoms with Gasteiger partial charge in [-0.1, -0.05) is 101 Å². The van der Waals surface area contributed by atoms with Gasteiger partial charge in [0.25, 0.3) is 0 Å². The summed E-state index contributed by atoms with van der Waals surface area (Å²) in [6.07, 6.45) is 14.9. The second-order valence-electron chi connectivity index (χ2n) is 11.6. The van der Waals surface area contributed by atoms with E-state index in [-0.39, 0.29) is 18.5 Å². The number of fused-ring (bicyclic) bond motifs is 1. The van der Waals surface area contributed by atoms with E-state index in [0.29, 0.717) is 12.0 Å². The minimum absolute atomic E-state index is 0.110. The zero-order valence-corrected chi connectivity index (χ0v) is 24.6. The van der Waals surface area contributed by atoms with Crippen molar-refractivity contribution in [2.75, 3.05) is 0 Å². The minimum atomic E-state index is -0.504. The number of nitrogens with zero attached hydrogens (tertiary/aromatic N) is 3. The molecule has 1 aromatic carbocycles. The van der Waals surface area contributed by atoms with Gasteiger partial charge in [0.05, 0.1) is 12.0 Å². The quantitative estimate of drug-likeness (QED) is 0.261. The van der Waals surface area contributed by atoms with Crippen LogP contribution in [0.1, 0.15) is 127 Å². The van der Waals surface area contributed by atoms with Crippen molar-refractivity contribution >= 4 is 0 Å². The Balaban J connectivity index is 0.000000983. The standard InChI is InChI=1S/C29H39N3O3.C3H9N/c1-4-22-15-16-23-18-21(19-30-34)14-17-26(23)27(25(22)13-9-8-10-20(2)3)28-31-29(33)35-32(28)24-11-6-5-7-12-24;1-3(2)4/h8,10,14,17-18,20,24,27H,4-7,9,11-13,15-16,19H2,1-3H3;3H,4H2,1-2H3/b10-8-;. The molecule has 2 aliphatic rings. The van der Waals surface area contributed by atoms with Crippen molar-refractivity contribution < 1.29 is 4.52 Å². The number of hydrogen-bond acceptors (Lipinski definition) is 6. The van der Waals surface area contributed by atoms with Crippen molar-refractivity contribution in [3.8, 4) is 0 Å². The molecule has 1 atom stereocenters. The summed E-state index contributed by atoms with van der Waals surface area (Å²) >= 11 is 0. The Labute approximate surface area is 233 Å². The average Bonchev–Trinajstić information content (AvgIpc) is 3.21. The molecule has 0 bridgehead atoms. The highest BCUT2D eigenvalue weighted by atomic mass is 16.5. The van der Waals surface area contributed by atoms with Gasteiger partial charge in [0.15, 0.2) is 5.82 Å². The lowest BCUT2D eigenvalue weighted by Gasteiger charge is -2.27. The predicted molar refractivity (Wildman–Crippen MR) is 159 cm³/mol. The topological polar surface area (TPSA) is 103 Å². The van der Waals surface area contributed by atoms with Crippen LogP contribution >= 0.6 is 0 Å². The highest BCUT2D eigenvalue weighted by Gasteiger charge is 2.33. The molecule has 2 aromatic rings. The Hall–Kier alpha value is -2.80. The average molecular weight is 537 g/mol. The van der Waals surface area contributed by atoms with E-state index in [0.717, 1.165) is 69.2 Å². The molecule has 7 heteroatoms. The minimum Gasteiger partial charge on any atom is -0.328 e. The first-order chi connectivity index (χ1) is 18.7. The summed E-state index contributed by atoms with van der Waals surface area (Å²) in [5.74, 6) is 0.661. The van der Waals surface area contributed by atoms with E-state index in [1.165, 1.54) is 28.7 Å². The molecule has 1 aromatic heterocycles. The van der Waals surface area contributed by atoms with E-state index in [9.17, 15) is 9.70 Å². The largest absolute Gasteiger partial charge is 0.459 e. The summed E-state index contributed by atoms with van der Waals surface area (Å²) in [7, 11) is 0. The number of allylic oxidation sites excluding steroid dienone is 4. The Morgan fingerprint density at radius 3 is 2.51 bits per heavy atom. The molecule has 0 saturated heterocycles. The number of nitroso groups, excluding NO2 is 1. The van der Waals surface area contributed by atoms with Gasteiger partial charge < -0.3 is 10.3 Å². The molecule has 0 spiro atoms. The highest BCUT2D eigenvalue weighted by Crippen LogP contribution is 2.43. The maximum absolute atomic E-state index is 12.6. The monoisotopic (exact) mass is 536 g/mol. The van der Waals surface area contributed by atoms with Crippen LogP contribution in [0.3, 0.4) is 0 Å². The first kappa shape index (κ1) is 30.7. The fourth-order valence-corrected chi connectivity index (χ4v) is 5.86. The summed E-state index contributed by atoms with van der Waals surface area (Å²) in [6, 6.07) is 6.78. The lowest BCUT2D eigenvalue weighted by molar-refractivity contribution is 0.163. The number of nitrogens with two attached hydrogens (primary N) is 1. The first-order valence-corrected chi connectivity index (χ1v) is 14.9. The summed E-state index contributed by atoms with van der Waals surface area (Å²) in [6.45, 7) is 10.7. The molecule has 1 fully saturated rings. The van der Waals surface area contributed by atoms with Gasteiger partial charge in [-0.3, -0.25) is 0 Å². The van der Waals surface area contributed by atoms with Crippen LogP contribution < -0.4 is 11.5 Å². The Morgan fingerprint density at radius 1 is 1.15 bits per heavy atom. The molecule has 214 valence electrons. The number of hydrogen-bond donors (Lipinski definition) is 1. The van der Waals surface area contributed by atoms with Crippen LogP contribution in [-0.2, 0) is 13.0 Å². The van der Waals surface area contributed by atoms with E-state index >= 15 is 0 Å². The second-order valence-corrected chi connectivity index (χ2v) is 11.6. The van der Waals surface area contributed by atoms with Crippen LogP contribution in [0.2, 0.25) is 0 Å². The molecule has 39 heavy (non-hydrogen) atoms. The third-order valence-electron chi connectivity index (χ3n) is 7.56. The van der Waals surface area contributed by atoms with Gasteiger partial charge in [0.2, 0.25) is 0 Å². The SMILES string of the molecule is CC(C)N.CCC1=C(CC/C=C\C(C)C)C(c2nc(=O)on2C2CCCCC2)c2ccc(CN=O)cc2CC1. The summed E-state index contributed by atoms with van der Waals surface area (Å²) in [5, 5.41) is 3.10. The second kappa shape index (κ2) is 15.1. The Morgan fingerprint density at radius 2 is 1.87 bits per heavy atom. The smallest absolute Gasteiger partial charge is 0.328 e. The van der Waals surface area contributed by atoms with Crippen molar-refractivity contribution in [1.29, 1.82) is 0 Å². The predicted octanol–water partition coefficient (Wildman–Crippen LogP) is 7.74. The number of aromatic nitrogens is 2. The van der Waals surface area contributed by atoms with E-state index in [1.54, 1.807) is 0 Å². The maximum atomic E-state index is 12.6. The molecule has 2 aliphatic carbocycles. The molecule has 1 unspecified atom stereocenters. The van der Waals surface area contributed by atoms with Crippen LogP contribution in [0.4, 0.5) is 0 Å². The van der Waals surface area contributed by atoms with Crippen molar-refractivity contribution in [3.63, 3.8) is 0 Å². The van der Waals surface area contributed by atoms with Crippen molar-refractivity contribution in [3.05, 3.63) is 79.5 Å². The van der Waals surface area contributed by atoms with Crippen molar-refractivity contribution in [2.24, 2.45) is 16.8 Å². The van der Waals surface area contributed by atoms with Crippen LogP contribution in [0.15, 0.2) is 56.0 Å². The first-order valence-electron chi connectivity index (χ1n) is 14.9. The molecule has 4 rings (SSSR count). The van der Waals surface area contributed by atoms with Gasteiger partial charge in [-0.25, -0.2) is 4.79 Å². The Bertz CT molecular complexity index is 1180. The van der Waals surface area contributed by atoms with Crippen LogP contribution in [0, 0.1) is 10.8 Å². The fraction of sp³-hybridized carbons (Fsp3) is 0.625. The van der Waals surface area contributed by atoms with E-state index in [4.69, 9.17) is 10.3 Å². The van der Waals surface area contributed by atoms with Gasteiger partial charge in [-0.15, -0.1) is 0 Å². The molecule has 1 saturated carbocycles. The molecular weight excluding hydrogens is 488 g/mol. The molecule has 0 radical (unpaired) electrons. The van der Waals surface area contributed by atoms with E-state index in [2.05, 4.69) is 55.2 Å². The van der Waals surface area contributed by atoms with Gasteiger partial charge in [0.1, 0.15) is 6.54 Å². The molecule has 0 aliphatic heterocycles. The number of rotatable bonds is 9. The molecular formula is C32H48N4O3. The maximum Gasteiger partial charge on any atom is 0.459 e. The molecule has 0 amide bonds. The number of aryl methyl sites for hydroxylation is 1.